The Bertz CT molecular complexity index is 1320. The molecule has 0 saturated carbocycles. The minimum absolute atomic E-state index is 0.0208. The maximum absolute atomic E-state index is 13.8. The first-order valence-corrected chi connectivity index (χ1v) is 13.6. The van der Waals surface area contributed by atoms with Gasteiger partial charge >= 0.3 is 6.03 Å². The van der Waals surface area contributed by atoms with Crippen molar-refractivity contribution < 1.29 is 18.8 Å². The van der Waals surface area contributed by atoms with E-state index in [2.05, 4.69) is 17.4 Å². The molecule has 2 saturated heterocycles. The summed E-state index contributed by atoms with van der Waals surface area (Å²) in [6.45, 7) is 0.926. The lowest BCUT2D eigenvalue weighted by atomic mass is 9.98. The summed E-state index contributed by atoms with van der Waals surface area (Å²) in [6, 6.07) is 24.6. The van der Waals surface area contributed by atoms with E-state index >= 15 is 0 Å². The van der Waals surface area contributed by atoms with Gasteiger partial charge < -0.3 is 15.1 Å². The molecule has 0 unspecified atom stereocenters. The van der Waals surface area contributed by atoms with Gasteiger partial charge in [0, 0.05) is 26.6 Å². The molecule has 0 radical (unpaired) electrons. The average molecular weight is 544 g/mol. The molecule has 4 amide bonds. The number of urea groups is 1. The molecule has 5 rings (SSSR count). The normalized spacial score (nSPS) is 19.5. The van der Waals surface area contributed by atoms with Crippen LogP contribution >= 0.6 is 0 Å². The van der Waals surface area contributed by atoms with Crippen LogP contribution < -0.4 is 5.32 Å². The SMILES string of the molecule is CN1CC(=O)N2[C@@H](Cc3ccccc3)C(=O)N(CCCc3ccccc3)C[C@@H]2N1C(=O)NCc1ccc(F)cc1. The van der Waals surface area contributed by atoms with E-state index in [1.165, 1.54) is 17.7 Å². The Labute approximate surface area is 233 Å². The maximum atomic E-state index is 13.8. The van der Waals surface area contributed by atoms with E-state index in [1.54, 1.807) is 39.0 Å². The Balaban J connectivity index is 1.37. The van der Waals surface area contributed by atoms with Gasteiger partial charge in [-0.05, 0) is 41.7 Å². The van der Waals surface area contributed by atoms with Crippen molar-refractivity contribution in [3.8, 4) is 0 Å². The molecule has 3 aromatic carbocycles. The summed E-state index contributed by atoms with van der Waals surface area (Å²) < 4.78 is 13.3. The summed E-state index contributed by atoms with van der Waals surface area (Å²) in [5.74, 6) is -0.630. The largest absolute Gasteiger partial charge is 0.337 e. The van der Waals surface area contributed by atoms with Crippen LogP contribution in [0.3, 0.4) is 0 Å². The molecule has 2 atom stereocenters. The number of amides is 4. The second-order valence-electron chi connectivity index (χ2n) is 10.3. The Morgan fingerprint density at radius 3 is 2.23 bits per heavy atom. The predicted molar refractivity (Wildman–Crippen MR) is 149 cm³/mol. The van der Waals surface area contributed by atoms with E-state index in [1.807, 2.05) is 48.5 Å². The number of halogens is 1. The van der Waals surface area contributed by atoms with Gasteiger partial charge in [0.2, 0.25) is 11.8 Å². The smallest absolute Gasteiger partial charge is 0.334 e. The highest BCUT2D eigenvalue weighted by Crippen LogP contribution is 2.28. The van der Waals surface area contributed by atoms with Gasteiger partial charge in [0.15, 0.2) is 0 Å². The third-order valence-corrected chi connectivity index (χ3v) is 7.51. The minimum Gasteiger partial charge on any atom is -0.337 e. The van der Waals surface area contributed by atoms with Crippen LogP contribution in [-0.4, -0.2) is 76.6 Å². The van der Waals surface area contributed by atoms with Crippen molar-refractivity contribution in [1.29, 1.82) is 0 Å². The number of fused-ring (bicyclic) bond motifs is 1. The van der Waals surface area contributed by atoms with Gasteiger partial charge in [-0.15, -0.1) is 0 Å². The summed E-state index contributed by atoms with van der Waals surface area (Å²) in [5, 5.41) is 6.06. The van der Waals surface area contributed by atoms with E-state index in [9.17, 15) is 18.8 Å². The molecule has 208 valence electrons. The molecule has 0 aromatic heterocycles. The van der Waals surface area contributed by atoms with Crippen molar-refractivity contribution in [2.75, 3.05) is 26.7 Å². The summed E-state index contributed by atoms with van der Waals surface area (Å²) in [7, 11) is 1.70. The van der Waals surface area contributed by atoms with Gasteiger partial charge in [-0.1, -0.05) is 72.8 Å². The molecular formula is C31H34FN5O3. The number of likely N-dealkylation sites (N-methyl/N-ethyl adjacent to an activating group) is 1. The lowest BCUT2D eigenvalue weighted by molar-refractivity contribution is -0.186. The highest BCUT2D eigenvalue weighted by molar-refractivity contribution is 5.91. The fraction of sp³-hybridized carbons (Fsp3) is 0.323. The van der Waals surface area contributed by atoms with Crippen LogP contribution in [-0.2, 0) is 29.0 Å². The van der Waals surface area contributed by atoms with Crippen molar-refractivity contribution >= 4 is 17.8 Å². The maximum Gasteiger partial charge on any atom is 0.334 e. The number of hydrogen-bond donors (Lipinski definition) is 1. The van der Waals surface area contributed by atoms with Crippen LogP contribution in [0, 0.1) is 5.82 Å². The summed E-state index contributed by atoms with van der Waals surface area (Å²) in [6.07, 6.45) is 1.30. The fourth-order valence-electron chi connectivity index (χ4n) is 5.52. The molecule has 40 heavy (non-hydrogen) atoms. The highest BCUT2D eigenvalue weighted by atomic mass is 19.1. The van der Waals surface area contributed by atoms with E-state index in [4.69, 9.17) is 0 Å². The van der Waals surface area contributed by atoms with Crippen LogP contribution in [0.4, 0.5) is 9.18 Å². The zero-order chi connectivity index (χ0) is 28.1. The Hall–Kier alpha value is -4.24. The molecule has 3 aromatic rings. The van der Waals surface area contributed by atoms with E-state index < -0.39 is 12.2 Å². The highest BCUT2D eigenvalue weighted by Gasteiger charge is 2.50. The Morgan fingerprint density at radius 2 is 1.55 bits per heavy atom. The number of nitrogens with zero attached hydrogens (tertiary/aromatic N) is 4. The average Bonchev–Trinajstić information content (AvgIpc) is 2.95. The molecule has 2 fully saturated rings. The zero-order valence-corrected chi connectivity index (χ0v) is 22.6. The quantitative estimate of drug-likeness (QED) is 0.473. The summed E-state index contributed by atoms with van der Waals surface area (Å²) in [4.78, 5) is 44.1. The lowest BCUT2D eigenvalue weighted by Crippen LogP contribution is -2.76. The number of benzene rings is 3. The molecule has 0 bridgehead atoms. The van der Waals surface area contributed by atoms with Crippen LogP contribution in [0.5, 0.6) is 0 Å². The number of hydrogen-bond acceptors (Lipinski definition) is 4. The van der Waals surface area contributed by atoms with E-state index in [0.717, 1.165) is 24.0 Å². The number of carbonyl (C=O) groups excluding carboxylic acids is 3. The second kappa shape index (κ2) is 12.3. The number of aryl methyl sites for hydroxylation is 1. The first kappa shape index (κ1) is 27.3. The number of nitrogens with one attached hydrogen (secondary N) is 1. The molecule has 2 heterocycles. The zero-order valence-electron chi connectivity index (χ0n) is 22.6. The van der Waals surface area contributed by atoms with Crippen LogP contribution in [0.1, 0.15) is 23.1 Å². The van der Waals surface area contributed by atoms with Gasteiger partial charge in [0.25, 0.3) is 0 Å². The summed E-state index contributed by atoms with van der Waals surface area (Å²) in [5.41, 5.74) is 2.90. The standard InChI is InChI=1S/C31H34FN5O3/c1-34-22-29(38)36-27(19-24-11-6-3-7-12-24)30(39)35(18-8-13-23-9-4-2-5-10-23)21-28(36)37(34)31(40)33-20-25-14-16-26(32)17-15-25/h2-7,9-12,14-17,27-28H,8,13,18-22H2,1H3,(H,33,40)/t27-,28-/m0/s1. The number of rotatable bonds is 8. The van der Waals surface area contributed by atoms with Crippen molar-refractivity contribution in [1.82, 2.24) is 25.1 Å². The molecule has 1 N–H and O–H groups in total. The predicted octanol–water partition coefficient (Wildman–Crippen LogP) is 3.44. The monoisotopic (exact) mass is 543 g/mol. The molecule has 0 spiro atoms. The first-order valence-electron chi connectivity index (χ1n) is 13.6. The van der Waals surface area contributed by atoms with Crippen molar-refractivity contribution in [2.24, 2.45) is 0 Å². The van der Waals surface area contributed by atoms with Crippen molar-refractivity contribution in [3.05, 3.63) is 107 Å². The van der Waals surface area contributed by atoms with Gasteiger partial charge in [-0.2, -0.15) is 0 Å². The Morgan fingerprint density at radius 1 is 0.900 bits per heavy atom. The topological polar surface area (TPSA) is 76.2 Å². The third kappa shape index (κ3) is 6.15. The molecule has 9 heteroatoms. The lowest BCUT2D eigenvalue weighted by Gasteiger charge is -2.54. The Kier molecular flexibility index (Phi) is 8.40. The van der Waals surface area contributed by atoms with Gasteiger partial charge in [0.1, 0.15) is 18.0 Å². The van der Waals surface area contributed by atoms with E-state index in [0.29, 0.717) is 13.0 Å². The molecular weight excluding hydrogens is 509 g/mol. The van der Waals surface area contributed by atoms with Gasteiger partial charge in [-0.25, -0.2) is 19.2 Å². The van der Waals surface area contributed by atoms with Crippen LogP contribution in [0.2, 0.25) is 0 Å². The second-order valence-corrected chi connectivity index (χ2v) is 10.3. The number of hydrazine groups is 1. The molecule has 8 nitrogen and oxygen atoms in total. The van der Waals surface area contributed by atoms with E-state index in [-0.39, 0.29) is 43.3 Å². The van der Waals surface area contributed by atoms with Crippen LogP contribution in [0.25, 0.3) is 0 Å². The molecule has 2 aliphatic heterocycles. The number of piperazine rings is 1. The fourth-order valence-corrected chi connectivity index (χ4v) is 5.52. The van der Waals surface area contributed by atoms with Crippen molar-refractivity contribution in [3.63, 3.8) is 0 Å². The number of carbonyl (C=O) groups is 3. The van der Waals surface area contributed by atoms with Gasteiger partial charge in [0.05, 0.1) is 13.1 Å². The summed E-state index contributed by atoms with van der Waals surface area (Å²) >= 11 is 0. The molecule has 2 aliphatic rings. The van der Waals surface area contributed by atoms with Crippen molar-refractivity contribution in [2.45, 2.75) is 38.0 Å². The van der Waals surface area contributed by atoms with Crippen LogP contribution in [0.15, 0.2) is 84.9 Å². The minimum atomic E-state index is -0.716. The molecule has 0 aliphatic carbocycles. The van der Waals surface area contributed by atoms with Gasteiger partial charge in [-0.3, -0.25) is 9.59 Å². The third-order valence-electron chi connectivity index (χ3n) is 7.51. The first-order chi connectivity index (χ1) is 19.4.